The number of aromatic nitrogens is 4. The summed E-state index contributed by atoms with van der Waals surface area (Å²) in [7, 11) is 2.20. The number of nitrogens with zero attached hydrogens (tertiary/aromatic N) is 6. The van der Waals surface area contributed by atoms with Crippen molar-refractivity contribution in [3.05, 3.63) is 58.3 Å². The van der Waals surface area contributed by atoms with Gasteiger partial charge in [-0.3, -0.25) is 10.6 Å². The Labute approximate surface area is 248 Å². The number of hydrogen-bond acceptors (Lipinski definition) is 9. The Kier molecular flexibility index (Phi) is 6.71. The van der Waals surface area contributed by atoms with E-state index in [0.717, 1.165) is 79.7 Å². The van der Waals surface area contributed by atoms with E-state index in [2.05, 4.69) is 36.8 Å². The average molecular weight is 595 g/mol. The van der Waals surface area contributed by atoms with Crippen LogP contribution in [0.4, 0.5) is 11.5 Å². The van der Waals surface area contributed by atoms with Crippen LogP contribution in [0.25, 0.3) is 22.3 Å². The fourth-order valence-electron chi connectivity index (χ4n) is 6.46. The van der Waals surface area contributed by atoms with Crippen LogP contribution in [-0.4, -0.2) is 68.8 Å². The molecule has 1 aliphatic carbocycles. The van der Waals surface area contributed by atoms with Gasteiger partial charge in [-0.2, -0.15) is 5.10 Å². The molecule has 5 N–H and O–H groups in total. The summed E-state index contributed by atoms with van der Waals surface area (Å²) in [5.41, 5.74) is 16.8. The topological polar surface area (TPSA) is 123 Å². The van der Waals surface area contributed by atoms with E-state index in [1.54, 1.807) is 12.1 Å². The van der Waals surface area contributed by atoms with Gasteiger partial charge in [0.1, 0.15) is 17.8 Å². The van der Waals surface area contributed by atoms with Crippen molar-refractivity contribution in [2.24, 2.45) is 5.73 Å². The van der Waals surface area contributed by atoms with Crippen molar-refractivity contribution in [3.63, 3.8) is 0 Å². The molecule has 0 bridgehead atoms. The lowest BCUT2D eigenvalue weighted by Crippen LogP contribution is -2.49. The van der Waals surface area contributed by atoms with Crippen LogP contribution in [0.3, 0.4) is 0 Å². The average Bonchev–Trinajstić information content (AvgIpc) is 3.53. The van der Waals surface area contributed by atoms with Crippen molar-refractivity contribution in [3.8, 4) is 17.0 Å². The number of anilines is 2. The lowest BCUT2D eigenvalue weighted by atomic mass is 9.90. The second-order valence-corrected chi connectivity index (χ2v) is 12.2. The summed E-state index contributed by atoms with van der Waals surface area (Å²) in [6.07, 6.45) is 5.95. The first-order valence-electron chi connectivity index (χ1n) is 14.1. The Morgan fingerprint density at radius 1 is 0.976 bits per heavy atom. The highest BCUT2D eigenvalue weighted by Gasteiger charge is 2.38. The first kappa shape index (κ1) is 26.7. The quantitative estimate of drug-likeness (QED) is 0.309. The molecule has 1 unspecified atom stereocenters. The van der Waals surface area contributed by atoms with Crippen LogP contribution in [-0.2, 0) is 5.85 Å². The van der Waals surface area contributed by atoms with Gasteiger partial charge in [-0.15, -0.1) is 0 Å². The van der Waals surface area contributed by atoms with Crippen molar-refractivity contribution >= 4 is 45.7 Å². The van der Waals surface area contributed by atoms with Crippen molar-refractivity contribution in [1.29, 1.82) is 0 Å². The first-order chi connectivity index (χ1) is 19.8. The summed E-state index contributed by atoms with van der Waals surface area (Å²) >= 11 is 12.5. The number of rotatable bonds is 4. The number of nitrogens with one attached hydrogen (secondary N) is 1. The maximum Gasteiger partial charge on any atom is 0.263 e. The van der Waals surface area contributed by atoms with Crippen molar-refractivity contribution in [2.45, 2.75) is 43.6 Å². The molecular formula is C29H33Cl2N9O. The SMILES string of the molecule is CN1CCN(C2CCC(n3nc(-c4ccc(C5(N)Nc6cc(Cl)cc(Cl)c6O5)cc4)c4c(N)ncnc43)CC2)CC1. The number of likely N-dealkylation sites (N-methyl/N-ethyl adjacent to an activating group) is 1. The third-order valence-corrected chi connectivity index (χ3v) is 9.26. The second-order valence-electron chi connectivity index (χ2n) is 11.4. The fourth-order valence-corrected chi connectivity index (χ4v) is 6.99. The molecule has 10 nitrogen and oxygen atoms in total. The van der Waals surface area contributed by atoms with E-state index >= 15 is 0 Å². The van der Waals surface area contributed by atoms with Crippen LogP contribution < -0.4 is 21.5 Å². The van der Waals surface area contributed by atoms with Gasteiger partial charge in [-0.05, 0) is 44.9 Å². The zero-order valence-corrected chi connectivity index (χ0v) is 24.4. The molecule has 2 aromatic carbocycles. The molecule has 1 atom stereocenters. The van der Waals surface area contributed by atoms with E-state index in [1.165, 1.54) is 6.33 Å². The van der Waals surface area contributed by atoms with Crippen LogP contribution in [0, 0.1) is 0 Å². The zero-order chi connectivity index (χ0) is 28.3. The summed E-state index contributed by atoms with van der Waals surface area (Å²) in [5.74, 6) is -0.398. The van der Waals surface area contributed by atoms with Crippen molar-refractivity contribution < 1.29 is 4.74 Å². The summed E-state index contributed by atoms with van der Waals surface area (Å²) in [6, 6.07) is 12.0. The lowest BCUT2D eigenvalue weighted by molar-refractivity contribution is 0.0815. The number of nitrogens with two attached hydrogens (primary N) is 2. The number of benzene rings is 2. The number of ether oxygens (including phenoxy) is 1. The Morgan fingerprint density at radius 2 is 1.68 bits per heavy atom. The minimum atomic E-state index is -1.29. The van der Waals surface area contributed by atoms with Crippen LogP contribution in [0.15, 0.2) is 42.7 Å². The zero-order valence-electron chi connectivity index (χ0n) is 22.9. The van der Waals surface area contributed by atoms with Gasteiger partial charge in [-0.25, -0.2) is 14.6 Å². The van der Waals surface area contributed by atoms with Crippen molar-refractivity contribution in [2.75, 3.05) is 44.3 Å². The third-order valence-electron chi connectivity index (χ3n) is 8.76. The highest BCUT2D eigenvalue weighted by atomic mass is 35.5. The second kappa shape index (κ2) is 10.3. The molecule has 4 heterocycles. The van der Waals surface area contributed by atoms with Gasteiger partial charge in [0.25, 0.3) is 5.85 Å². The minimum Gasteiger partial charge on any atom is -0.447 e. The molecule has 41 heavy (non-hydrogen) atoms. The number of piperazine rings is 1. The van der Waals surface area contributed by atoms with Gasteiger partial charge in [0, 0.05) is 48.4 Å². The van der Waals surface area contributed by atoms with E-state index in [4.69, 9.17) is 44.5 Å². The number of nitrogen functional groups attached to an aromatic ring is 1. The molecule has 3 aliphatic rings. The van der Waals surface area contributed by atoms with Crippen molar-refractivity contribution in [1.82, 2.24) is 29.5 Å². The van der Waals surface area contributed by atoms with Gasteiger partial charge < -0.3 is 20.7 Å². The Balaban J connectivity index is 1.15. The summed E-state index contributed by atoms with van der Waals surface area (Å²) in [5, 5.41) is 9.97. The molecule has 0 radical (unpaired) electrons. The lowest BCUT2D eigenvalue weighted by Gasteiger charge is -2.41. The van der Waals surface area contributed by atoms with E-state index in [1.807, 2.05) is 24.3 Å². The molecule has 1 saturated carbocycles. The predicted molar refractivity (Wildman–Crippen MR) is 162 cm³/mol. The Hall–Kier alpha value is -3.15. The van der Waals surface area contributed by atoms with E-state index in [0.29, 0.717) is 33.3 Å². The van der Waals surface area contributed by atoms with Crippen LogP contribution in [0.1, 0.15) is 37.3 Å². The molecule has 4 aromatic rings. The van der Waals surface area contributed by atoms with Crippen LogP contribution in [0.2, 0.25) is 10.0 Å². The van der Waals surface area contributed by atoms with E-state index < -0.39 is 5.85 Å². The first-order valence-corrected chi connectivity index (χ1v) is 14.8. The predicted octanol–water partition coefficient (Wildman–Crippen LogP) is 4.69. The molecule has 12 heteroatoms. The fraction of sp³-hybridized carbons (Fsp3) is 0.414. The maximum absolute atomic E-state index is 6.63. The van der Waals surface area contributed by atoms with Gasteiger partial charge in [-0.1, -0.05) is 47.5 Å². The van der Waals surface area contributed by atoms with Gasteiger partial charge in [0.2, 0.25) is 0 Å². The molecule has 2 aliphatic heterocycles. The molecular weight excluding hydrogens is 561 g/mol. The maximum atomic E-state index is 6.63. The highest BCUT2D eigenvalue weighted by Crippen LogP contribution is 2.46. The number of hydrogen-bond donors (Lipinski definition) is 3. The van der Waals surface area contributed by atoms with Crippen LogP contribution >= 0.6 is 23.2 Å². The molecule has 2 fully saturated rings. The Bertz CT molecular complexity index is 1590. The number of halogens is 2. The largest absolute Gasteiger partial charge is 0.447 e. The molecule has 214 valence electrons. The number of fused-ring (bicyclic) bond motifs is 2. The standard InChI is InChI=1S/C29H33Cl2N9O/c1-38-10-12-39(13-11-38)20-6-8-21(9-7-20)40-28-24(27(32)34-16-35-28)25(37-40)17-2-4-18(5-3-17)29(33)36-23-15-19(30)14-22(31)26(23)41-29/h2-5,14-16,20-21,36H,6-13,33H2,1H3,(H2,32,34,35). The monoisotopic (exact) mass is 593 g/mol. The van der Waals surface area contributed by atoms with Gasteiger partial charge in [0.05, 0.1) is 22.1 Å². The Morgan fingerprint density at radius 3 is 2.41 bits per heavy atom. The summed E-state index contributed by atoms with van der Waals surface area (Å²) < 4.78 is 8.13. The molecule has 2 aromatic heterocycles. The highest BCUT2D eigenvalue weighted by molar-refractivity contribution is 6.36. The molecule has 1 saturated heterocycles. The van der Waals surface area contributed by atoms with Gasteiger partial charge >= 0.3 is 0 Å². The molecule has 7 rings (SSSR count). The van der Waals surface area contributed by atoms with Gasteiger partial charge in [0.15, 0.2) is 11.4 Å². The minimum absolute atomic E-state index is 0.266. The molecule has 0 amide bonds. The normalized spacial score (nSPS) is 25.2. The third kappa shape index (κ3) is 4.77. The molecule has 0 spiro atoms. The van der Waals surface area contributed by atoms with Crippen LogP contribution in [0.5, 0.6) is 5.75 Å². The summed E-state index contributed by atoms with van der Waals surface area (Å²) in [6.45, 7) is 4.59. The summed E-state index contributed by atoms with van der Waals surface area (Å²) in [4.78, 5) is 14.0. The van der Waals surface area contributed by atoms with E-state index in [9.17, 15) is 0 Å². The smallest absolute Gasteiger partial charge is 0.263 e. The van der Waals surface area contributed by atoms with E-state index in [-0.39, 0.29) is 6.04 Å².